The van der Waals surface area contributed by atoms with Gasteiger partial charge in [-0.3, -0.25) is 4.79 Å². The second-order valence-electron chi connectivity index (χ2n) is 4.38. The lowest BCUT2D eigenvalue weighted by atomic mass is 9.94. The molecular weight excluding hydrogens is 366 g/mol. The zero-order valence-corrected chi connectivity index (χ0v) is 13.7. The third-order valence-electron chi connectivity index (χ3n) is 3.34. The highest BCUT2D eigenvalue weighted by Crippen LogP contribution is 2.33. The highest BCUT2D eigenvalue weighted by Gasteiger charge is 2.24. The Morgan fingerprint density at radius 3 is 2.59 bits per heavy atom. The van der Waals surface area contributed by atoms with Gasteiger partial charge in [0.25, 0.3) is 5.91 Å². The molecule has 0 radical (unpaired) electrons. The number of amides is 1. The lowest BCUT2D eigenvalue weighted by Crippen LogP contribution is -2.37. The summed E-state index contributed by atoms with van der Waals surface area (Å²) in [6.45, 7) is 4.05. The van der Waals surface area contributed by atoms with Crippen LogP contribution in [0.1, 0.15) is 35.9 Å². The molecule has 1 saturated heterocycles. The Morgan fingerprint density at radius 1 is 1.47 bits per heavy atom. The lowest BCUT2D eigenvalue weighted by molar-refractivity contribution is 0.0693. The predicted octanol–water partition coefficient (Wildman–Crippen LogP) is 4.54. The highest BCUT2D eigenvalue weighted by molar-refractivity contribution is 9.13. The van der Waals surface area contributed by atoms with Crippen molar-refractivity contribution >= 4 is 49.1 Å². The molecule has 1 fully saturated rings. The van der Waals surface area contributed by atoms with Gasteiger partial charge in [0.1, 0.15) is 0 Å². The van der Waals surface area contributed by atoms with Gasteiger partial charge in [-0.15, -0.1) is 11.3 Å². The minimum Gasteiger partial charge on any atom is -0.338 e. The van der Waals surface area contributed by atoms with Crippen molar-refractivity contribution < 1.29 is 4.79 Å². The van der Waals surface area contributed by atoms with Gasteiger partial charge < -0.3 is 4.90 Å². The maximum atomic E-state index is 12.3. The van der Waals surface area contributed by atoms with Gasteiger partial charge in [-0.1, -0.05) is 13.3 Å². The summed E-state index contributed by atoms with van der Waals surface area (Å²) in [5.41, 5.74) is 0. The first-order chi connectivity index (χ1) is 8.11. The van der Waals surface area contributed by atoms with E-state index in [-0.39, 0.29) is 5.91 Å². The van der Waals surface area contributed by atoms with E-state index in [0.29, 0.717) is 0 Å². The quantitative estimate of drug-likeness (QED) is 0.737. The molecule has 2 nitrogen and oxygen atoms in total. The van der Waals surface area contributed by atoms with Crippen LogP contribution in [0.4, 0.5) is 0 Å². The van der Waals surface area contributed by atoms with E-state index in [1.165, 1.54) is 17.8 Å². The van der Waals surface area contributed by atoms with Gasteiger partial charge in [-0.25, -0.2) is 0 Å². The summed E-state index contributed by atoms with van der Waals surface area (Å²) in [7, 11) is 0. The number of hydrogen-bond donors (Lipinski definition) is 0. The summed E-state index contributed by atoms with van der Waals surface area (Å²) in [6, 6.07) is 1.91. The molecule has 17 heavy (non-hydrogen) atoms. The van der Waals surface area contributed by atoms with Crippen molar-refractivity contribution in [3.05, 3.63) is 19.2 Å². The molecule has 1 aromatic rings. The molecule has 0 bridgehead atoms. The molecule has 1 aliphatic rings. The van der Waals surface area contributed by atoms with Gasteiger partial charge in [0, 0.05) is 17.6 Å². The molecule has 0 N–H and O–H groups in total. The van der Waals surface area contributed by atoms with Crippen molar-refractivity contribution in [1.82, 2.24) is 4.90 Å². The summed E-state index contributed by atoms with van der Waals surface area (Å²) in [5.74, 6) is 0.983. The van der Waals surface area contributed by atoms with E-state index in [0.717, 1.165) is 45.0 Å². The first kappa shape index (κ1) is 13.6. The first-order valence-electron chi connectivity index (χ1n) is 5.86. The number of halogens is 2. The largest absolute Gasteiger partial charge is 0.338 e. The fourth-order valence-electron chi connectivity index (χ4n) is 2.15. The summed E-state index contributed by atoms with van der Waals surface area (Å²) in [6.07, 6.45) is 3.53. The first-order valence-corrected chi connectivity index (χ1v) is 8.26. The van der Waals surface area contributed by atoms with E-state index >= 15 is 0 Å². The molecule has 2 heterocycles. The Balaban J connectivity index is 2.01. The van der Waals surface area contributed by atoms with Crippen LogP contribution >= 0.6 is 43.2 Å². The van der Waals surface area contributed by atoms with E-state index in [1.807, 2.05) is 11.0 Å². The zero-order chi connectivity index (χ0) is 12.4. The fraction of sp³-hybridized carbons (Fsp3) is 0.583. The van der Waals surface area contributed by atoms with Crippen LogP contribution in [0.2, 0.25) is 0 Å². The second-order valence-corrected chi connectivity index (χ2v) is 7.60. The third kappa shape index (κ3) is 3.12. The predicted molar refractivity (Wildman–Crippen MR) is 78.6 cm³/mol. The minimum atomic E-state index is 0.177. The molecule has 1 amide bonds. The van der Waals surface area contributed by atoms with Crippen molar-refractivity contribution in [2.24, 2.45) is 5.92 Å². The molecule has 1 aromatic heterocycles. The molecule has 0 unspecified atom stereocenters. The van der Waals surface area contributed by atoms with Gasteiger partial charge >= 0.3 is 0 Å². The monoisotopic (exact) mass is 379 g/mol. The van der Waals surface area contributed by atoms with Crippen molar-refractivity contribution in [2.75, 3.05) is 13.1 Å². The molecule has 2 rings (SSSR count). The standard InChI is InChI=1S/C12H15Br2NOS/c1-2-8-3-5-15(6-4-8)12(16)10-7-9(13)11(14)17-10/h7-8H,2-6H2,1H3. The maximum Gasteiger partial charge on any atom is 0.264 e. The average Bonchev–Trinajstić information content (AvgIpc) is 2.69. The van der Waals surface area contributed by atoms with Crippen molar-refractivity contribution in [3.63, 3.8) is 0 Å². The molecule has 94 valence electrons. The van der Waals surface area contributed by atoms with Gasteiger partial charge in [-0.2, -0.15) is 0 Å². The van der Waals surface area contributed by atoms with Crippen LogP contribution in [0.25, 0.3) is 0 Å². The van der Waals surface area contributed by atoms with Crippen LogP contribution in [0.3, 0.4) is 0 Å². The van der Waals surface area contributed by atoms with Gasteiger partial charge in [0.05, 0.1) is 8.66 Å². The van der Waals surface area contributed by atoms with Gasteiger partial charge in [0.2, 0.25) is 0 Å². The normalized spacial score (nSPS) is 17.5. The van der Waals surface area contributed by atoms with E-state index in [1.54, 1.807) is 0 Å². The lowest BCUT2D eigenvalue weighted by Gasteiger charge is -2.31. The number of rotatable bonds is 2. The Labute approximate surface area is 123 Å². The van der Waals surface area contributed by atoms with Crippen molar-refractivity contribution in [2.45, 2.75) is 26.2 Å². The molecule has 0 spiro atoms. The molecule has 0 aliphatic carbocycles. The number of carbonyl (C=O) groups is 1. The van der Waals surface area contributed by atoms with E-state index in [4.69, 9.17) is 0 Å². The van der Waals surface area contributed by atoms with E-state index in [2.05, 4.69) is 38.8 Å². The van der Waals surface area contributed by atoms with Crippen LogP contribution < -0.4 is 0 Å². The van der Waals surface area contributed by atoms with Crippen LogP contribution in [0.5, 0.6) is 0 Å². The maximum absolute atomic E-state index is 12.3. The summed E-state index contributed by atoms with van der Waals surface area (Å²) >= 11 is 8.35. The molecule has 5 heteroatoms. The third-order valence-corrected chi connectivity index (χ3v) is 6.58. The smallest absolute Gasteiger partial charge is 0.264 e. The number of hydrogen-bond acceptors (Lipinski definition) is 2. The Morgan fingerprint density at radius 2 is 2.12 bits per heavy atom. The van der Waals surface area contributed by atoms with E-state index in [9.17, 15) is 4.79 Å². The SMILES string of the molecule is CCC1CCN(C(=O)c2cc(Br)c(Br)s2)CC1. The Hall–Kier alpha value is 0.130. The number of likely N-dealkylation sites (tertiary alicyclic amines) is 1. The number of carbonyl (C=O) groups excluding carboxylic acids is 1. The Kier molecular flexibility index (Phi) is 4.66. The summed E-state index contributed by atoms with van der Waals surface area (Å²) in [5, 5.41) is 0. The minimum absolute atomic E-state index is 0.177. The molecular formula is C12H15Br2NOS. The fourth-order valence-corrected chi connectivity index (χ4v) is 4.16. The van der Waals surface area contributed by atoms with Crippen molar-refractivity contribution in [1.29, 1.82) is 0 Å². The van der Waals surface area contributed by atoms with E-state index < -0.39 is 0 Å². The number of nitrogens with zero attached hydrogens (tertiary/aromatic N) is 1. The van der Waals surface area contributed by atoms with Crippen LogP contribution in [-0.2, 0) is 0 Å². The highest BCUT2D eigenvalue weighted by atomic mass is 79.9. The molecule has 0 atom stereocenters. The van der Waals surface area contributed by atoms with Crippen LogP contribution in [0, 0.1) is 5.92 Å². The molecule has 0 aromatic carbocycles. The van der Waals surface area contributed by atoms with Crippen molar-refractivity contribution in [3.8, 4) is 0 Å². The molecule has 1 aliphatic heterocycles. The Bertz CT molecular complexity index is 391. The zero-order valence-electron chi connectivity index (χ0n) is 9.71. The molecule has 0 saturated carbocycles. The summed E-state index contributed by atoms with van der Waals surface area (Å²) < 4.78 is 1.96. The van der Waals surface area contributed by atoms with Gasteiger partial charge in [-0.05, 0) is 56.7 Å². The number of thiophene rings is 1. The van der Waals surface area contributed by atoms with Crippen LogP contribution in [0.15, 0.2) is 14.3 Å². The van der Waals surface area contributed by atoms with Gasteiger partial charge in [0.15, 0.2) is 0 Å². The summed E-state index contributed by atoms with van der Waals surface area (Å²) in [4.78, 5) is 15.1. The topological polar surface area (TPSA) is 20.3 Å². The van der Waals surface area contributed by atoms with Crippen LogP contribution in [-0.4, -0.2) is 23.9 Å². The average molecular weight is 381 g/mol. The second kappa shape index (κ2) is 5.85. The number of piperidine rings is 1.